The van der Waals surface area contributed by atoms with Crippen molar-refractivity contribution in [3.05, 3.63) is 64.9 Å². The fourth-order valence-corrected chi connectivity index (χ4v) is 2.92. The van der Waals surface area contributed by atoms with Crippen LogP contribution in [0.25, 0.3) is 17.3 Å². The zero-order valence-corrected chi connectivity index (χ0v) is 14.3. The molecule has 3 rings (SSSR count). The Balaban J connectivity index is 1.74. The first-order chi connectivity index (χ1) is 12.2. The quantitative estimate of drug-likeness (QED) is 0.543. The van der Waals surface area contributed by atoms with E-state index in [9.17, 15) is 4.79 Å². The molecule has 6 heteroatoms. The van der Waals surface area contributed by atoms with Crippen LogP contribution in [0.3, 0.4) is 0 Å². The van der Waals surface area contributed by atoms with Crippen LogP contribution in [-0.2, 0) is 11.2 Å². The van der Waals surface area contributed by atoms with Gasteiger partial charge in [-0.05, 0) is 24.1 Å². The van der Waals surface area contributed by atoms with E-state index >= 15 is 0 Å². The Bertz CT molecular complexity index is 932. The van der Waals surface area contributed by atoms with E-state index in [0.717, 1.165) is 17.7 Å². The molecule has 1 N–H and O–H groups in total. The highest BCUT2D eigenvalue weighted by molar-refractivity contribution is 7.14. The molecule has 0 bridgehead atoms. The third-order valence-corrected chi connectivity index (χ3v) is 4.34. The van der Waals surface area contributed by atoms with Crippen molar-refractivity contribution in [3.8, 4) is 17.3 Å². The summed E-state index contributed by atoms with van der Waals surface area (Å²) in [5, 5.41) is 14.1. The number of carbonyl (C=O) groups is 1. The molecule has 0 fully saturated rings. The molecule has 0 aliphatic carbocycles. The Morgan fingerprint density at radius 2 is 2.16 bits per heavy atom. The molecule has 3 aromatic rings. The summed E-state index contributed by atoms with van der Waals surface area (Å²) in [5.74, 6) is -0.0660. The van der Waals surface area contributed by atoms with Crippen molar-refractivity contribution in [1.29, 1.82) is 5.26 Å². The fourth-order valence-electron chi connectivity index (χ4n) is 2.20. The number of nitrogens with one attached hydrogen (secondary N) is 1. The van der Waals surface area contributed by atoms with Gasteiger partial charge in [0.05, 0.1) is 12.0 Å². The Hall–Kier alpha value is -3.17. The fraction of sp³-hybridized carbons (Fsp3) is 0.105. The molecule has 1 amide bonds. The molecule has 0 saturated heterocycles. The number of hydrogen-bond acceptors (Lipinski definition) is 5. The van der Waals surface area contributed by atoms with Crippen molar-refractivity contribution in [3.63, 3.8) is 0 Å². The van der Waals surface area contributed by atoms with Crippen molar-refractivity contribution in [1.82, 2.24) is 4.98 Å². The maximum absolute atomic E-state index is 12.2. The number of amides is 1. The maximum atomic E-state index is 12.2. The van der Waals surface area contributed by atoms with E-state index < -0.39 is 5.91 Å². The van der Waals surface area contributed by atoms with Gasteiger partial charge in [0, 0.05) is 17.0 Å². The van der Waals surface area contributed by atoms with Crippen LogP contribution in [0.2, 0.25) is 0 Å². The van der Waals surface area contributed by atoms with Crippen LogP contribution in [0, 0.1) is 11.3 Å². The van der Waals surface area contributed by atoms with Gasteiger partial charge in [0.25, 0.3) is 5.91 Å². The lowest BCUT2D eigenvalue weighted by Gasteiger charge is -2.00. The third kappa shape index (κ3) is 4.03. The minimum atomic E-state index is -0.513. The van der Waals surface area contributed by atoms with Gasteiger partial charge in [0.2, 0.25) is 0 Å². The molecule has 25 heavy (non-hydrogen) atoms. The van der Waals surface area contributed by atoms with Crippen LogP contribution in [0.4, 0.5) is 5.13 Å². The molecule has 0 saturated carbocycles. The molecule has 2 heterocycles. The first-order valence-corrected chi connectivity index (χ1v) is 8.59. The van der Waals surface area contributed by atoms with Crippen LogP contribution in [-0.4, -0.2) is 10.9 Å². The molecule has 5 nitrogen and oxygen atoms in total. The smallest absolute Gasteiger partial charge is 0.268 e. The number of furan rings is 1. The average molecular weight is 349 g/mol. The molecular formula is C19H15N3O2S. The predicted molar refractivity (Wildman–Crippen MR) is 97.9 cm³/mol. The van der Waals surface area contributed by atoms with Gasteiger partial charge in [-0.15, -0.1) is 11.3 Å². The van der Waals surface area contributed by atoms with E-state index in [1.165, 1.54) is 29.2 Å². The number of benzene rings is 1. The summed E-state index contributed by atoms with van der Waals surface area (Å²) < 4.78 is 5.13. The minimum Gasteiger partial charge on any atom is -0.465 e. The highest BCUT2D eigenvalue weighted by atomic mass is 32.1. The number of anilines is 1. The number of thiazole rings is 1. The van der Waals surface area contributed by atoms with Crippen LogP contribution in [0.5, 0.6) is 0 Å². The highest BCUT2D eigenvalue weighted by Crippen LogP contribution is 2.25. The van der Waals surface area contributed by atoms with E-state index in [1.807, 2.05) is 23.6 Å². The molecule has 0 aliphatic heterocycles. The molecule has 0 radical (unpaired) electrons. The zero-order chi connectivity index (χ0) is 17.6. The van der Waals surface area contributed by atoms with E-state index in [1.54, 1.807) is 12.1 Å². The van der Waals surface area contributed by atoms with Gasteiger partial charge < -0.3 is 4.42 Å². The Kier molecular flexibility index (Phi) is 5.07. The van der Waals surface area contributed by atoms with E-state index in [0.29, 0.717) is 10.9 Å². The standard InChI is InChI=1S/C19H15N3O2S/c1-2-13-5-7-14(8-6-13)17-12-25-19(21-17)22-18(23)15(11-20)10-16-4-3-9-24-16/h3-10,12H,2H2,1H3,(H,21,22,23)/b15-10+. The number of carbonyl (C=O) groups excluding carboxylic acids is 1. The topological polar surface area (TPSA) is 78.9 Å². The first kappa shape index (κ1) is 16.7. The summed E-state index contributed by atoms with van der Waals surface area (Å²) in [7, 11) is 0. The van der Waals surface area contributed by atoms with Gasteiger partial charge in [0.15, 0.2) is 5.13 Å². The molecule has 1 aromatic carbocycles. The maximum Gasteiger partial charge on any atom is 0.268 e. The zero-order valence-electron chi connectivity index (χ0n) is 13.5. The van der Waals surface area contributed by atoms with Gasteiger partial charge in [-0.1, -0.05) is 31.2 Å². The normalized spacial score (nSPS) is 11.1. The Morgan fingerprint density at radius 3 is 2.80 bits per heavy atom. The van der Waals surface area contributed by atoms with Crippen molar-refractivity contribution in [2.45, 2.75) is 13.3 Å². The summed E-state index contributed by atoms with van der Waals surface area (Å²) in [5.41, 5.74) is 2.99. The number of hydrogen-bond donors (Lipinski definition) is 1. The molecule has 0 unspecified atom stereocenters. The second kappa shape index (κ2) is 7.60. The second-order valence-electron chi connectivity index (χ2n) is 5.23. The number of aromatic nitrogens is 1. The Labute approximate surface area is 149 Å². The SMILES string of the molecule is CCc1ccc(-c2csc(NC(=O)/C(C#N)=C/c3ccco3)n2)cc1. The number of nitriles is 1. The predicted octanol–water partition coefficient (Wildman–Crippen LogP) is 4.51. The molecular weight excluding hydrogens is 334 g/mol. The summed E-state index contributed by atoms with van der Waals surface area (Å²) in [4.78, 5) is 16.6. The molecule has 0 aliphatic rings. The molecule has 0 atom stereocenters. The highest BCUT2D eigenvalue weighted by Gasteiger charge is 2.13. The van der Waals surface area contributed by atoms with Crippen LogP contribution < -0.4 is 5.32 Å². The van der Waals surface area contributed by atoms with Crippen LogP contribution in [0.1, 0.15) is 18.2 Å². The molecule has 124 valence electrons. The molecule has 0 spiro atoms. The van der Waals surface area contributed by atoms with Gasteiger partial charge in [-0.3, -0.25) is 10.1 Å². The van der Waals surface area contributed by atoms with Gasteiger partial charge in [-0.25, -0.2) is 4.98 Å². The second-order valence-corrected chi connectivity index (χ2v) is 6.09. The summed E-state index contributed by atoms with van der Waals surface area (Å²) in [6.45, 7) is 2.11. The van der Waals surface area contributed by atoms with Crippen molar-refractivity contribution in [2.24, 2.45) is 0 Å². The van der Waals surface area contributed by atoms with Gasteiger partial charge in [0.1, 0.15) is 17.4 Å². The Morgan fingerprint density at radius 1 is 1.36 bits per heavy atom. The average Bonchev–Trinajstić information content (AvgIpc) is 3.31. The number of nitrogens with zero attached hydrogens (tertiary/aromatic N) is 2. The van der Waals surface area contributed by atoms with Crippen LogP contribution >= 0.6 is 11.3 Å². The summed E-state index contributed by atoms with van der Waals surface area (Å²) in [6, 6.07) is 13.4. The van der Waals surface area contributed by atoms with E-state index in [-0.39, 0.29) is 5.57 Å². The third-order valence-electron chi connectivity index (χ3n) is 3.58. The summed E-state index contributed by atoms with van der Waals surface area (Å²) in [6.07, 6.45) is 3.86. The lowest BCUT2D eigenvalue weighted by molar-refractivity contribution is -0.112. The van der Waals surface area contributed by atoms with Crippen LogP contribution in [0.15, 0.2) is 58.0 Å². The lowest BCUT2D eigenvalue weighted by Crippen LogP contribution is -2.13. The largest absolute Gasteiger partial charge is 0.465 e. The monoisotopic (exact) mass is 349 g/mol. The van der Waals surface area contributed by atoms with Gasteiger partial charge >= 0.3 is 0 Å². The van der Waals surface area contributed by atoms with Crippen molar-refractivity contribution < 1.29 is 9.21 Å². The summed E-state index contributed by atoms with van der Waals surface area (Å²) >= 11 is 1.32. The minimum absolute atomic E-state index is 0.0426. The van der Waals surface area contributed by atoms with Crippen molar-refractivity contribution in [2.75, 3.05) is 5.32 Å². The van der Waals surface area contributed by atoms with Gasteiger partial charge in [-0.2, -0.15) is 5.26 Å². The first-order valence-electron chi connectivity index (χ1n) is 7.71. The number of aryl methyl sites for hydroxylation is 1. The lowest BCUT2D eigenvalue weighted by atomic mass is 10.1. The number of rotatable bonds is 5. The van der Waals surface area contributed by atoms with E-state index in [4.69, 9.17) is 9.68 Å². The van der Waals surface area contributed by atoms with E-state index in [2.05, 4.69) is 29.4 Å². The molecule has 2 aromatic heterocycles. The van der Waals surface area contributed by atoms with Crippen molar-refractivity contribution >= 4 is 28.5 Å².